The average molecular weight is 309 g/mol. The smallest absolute Gasteiger partial charge is 0.339 e. The lowest BCUT2D eigenvalue weighted by atomic mass is 10.2. The Bertz CT molecular complexity index is 673. The van der Waals surface area contributed by atoms with E-state index in [2.05, 4.69) is 0 Å². The van der Waals surface area contributed by atoms with Gasteiger partial charge < -0.3 is 19.2 Å². The molecule has 1 N–H and O–H groups in total. The Labute approximate surface area is 125 Å². The molecule has 0 spiro atoms. The van der Waals surface area contributed by atoms with Gasteiger partial charge in [0.1, 0.15) is 22.8 Å². The molecule has 2 aromatic heterocycles. The Hall–Kier alpha value is -2.28. The van der Waals surface area contributed by atoms with Crippen molar-refractivity contribution in [2.75, 3.05) is 14.2 Å². The third-order valence-electron chi connectivity index (χ3n) is 2.96. The lowest BCUT2D eigenvalue weighted by molar-refractivity contribution is 0.0694. The van der Waals surface area contributed by atoms with Crippen molar-refractivity contribution in [3.05, 3.63) is 39.5 Å². The molecule has 7 heteroatoms. The fourth-order valence-corrected chi connectivity index (χ4v) is 2.71. The molecule has 0 radical (unpaired) electrons. The largest absolute Gasteiger partial charge is 0.496 e. The van der Waals surface area contributed by atoms with E-state index in [-0.39, 0.29) is 18.0 Å². The van der Waals surface area contributed by atoms with Gasteiger partial charge in [0.05, 0.1) is 18.5 Å². The summed E-state index contributed by atoms with van der Waals surface area (Å²) in [7, 11) is 3.17. The fourth-order valence-electron chi connectivity index (χ4n) is 1.87. The Balaban J connectivity index is 2.10. The Morgan fingerprint density at radius 2 is 2.14 bits per heavy atom. The first-order chi connectivity index (χ1) is 9.92. The highest BCUT2D eigenvalue weighted by molar-refractivity contribution is 7.12. The third-order valence-corrected chi connectivity index (χ3v) is 3.86. The van der Waals surface area contributed by atoms with Gasteiger partial charge in [0, 0.05) is 18.5 Å². The highest BCUT2D eigenvalue weighted by Gasteiger charge is 2.19. The summed E-state index contributed by atoms with van der Waals surface area (Å²) in [6, 6.07) is 3.11. The molecule has 0 aliphatic carbocycles. The maximum Gasteiger partial charge on any atom is 0.339 e. The summed E-state index contributed by atoms with van der Waals surface area (Å²) in [6.07, 6.45) is 0. The molecule has 0 aliphatic rings. The van der Waals surface area contributed by atoms with Crippen LogP contribution in [0.4, 0.5) is 0 Å². The minimum absolute atomic E-state index is 0.114. The lowest BCUT2D eigenvalue weighted by Gasteiger charge is -2.14. The van der Waals surface area contributed by atoms with Crippen LogP contribution in [0.25, 0.3) is 0 Å². The van der Waals surface area contributed by atoms with Gasteiger partial charge in [-0.2, -0.15) is 0 Å². The molecule has 0 saturated carbocycles. The quantitative estimate of drug-likeness (QED) is 0.918. The molecule has 2 aromatic rings. The van der Waals surface area contributed by atoms with Crippen LogP contribution in [0.1, 0.15) is 31.6 Å². The number of aromatic carboxylic acids is 1. The first kappa shape index (κ1) is 15.1. The Kier molecular flexibility index (Phi) is 4.32. The van der Waals surface area contributed by atoms with Gasteiger partial charge in [0.15, 0.2) is 0 Å². The van der Waals surface area contributed by atoms with Crippen LogP contribution in [0.3, 0.4) is 0 Å². The van der Waals surface area contributed by atoms with Crippen molar-refractivity contribution in [1.29, 1.82) is 0 Å². The lowest BCUT2D eigenvalue weighted by Crippen LogP contribution is -2.25. The standard InChI is InChI=1S/C14H15NO5S/c1-8-11(14(17)18)4-9(20-8)6-15(2)13(16)12-5-10(19-3)7-21-12/h4-5,7H,6H2,1-3H3,(H,17,18). The number of thiophene rings is 1. The van der Waals surface area contributed by atoms with Crippen LogP contribution in [0, 0.1) is 6.92 Å². The fraction of sp³-hybridized carbons (Fsp3) is 0.286. The van der Waals surface area contributed by atoms with E-state index >= 15 is 0 Å². The van der Waals surface area contributed by atoms with Crippen molar-refractivity contribution in [1.82, 2.24) is 4.90 Å². The van der Waals surface area contributed by atoms with E-state index in [0.717, 1.165) is 0 Å². The summed E-state index contributed by atoms with van der Waals surface area (Å²) >= 11 is 1.29. The van der Waals surface area contributed by atoms with Crippen LogP contribution in [0.5, 0.6) is 5.75 Å². The minimum Gasteiger partial charge on any atom is -0.496 e. The van der Waals surface area contributed by atoms with Gasteiger partial charge in [-0.15, -0.1) is 11.3 Å². The number of rotatable bonds is 5. The summed E-state index contributed by atoms with van der Waals surface area (Å²) in [4.78, 5) is 25.2. The number of carbonyl (C=O) groups excluding carboxylic acids is 1. The molecule has 0 atom stereocenters. The second-order valence-electron chi connectivity index (χ2n) is 4.50. The number of carboxylic acids is 1. The maximum absolute atomic E-state index is 12.2. The third kappa shape index (κ3) is 3.25. The second-order valence-corrected chi connectivity index (χ2v) is 5.41. The monoisotopic (exact) mass is 309 g/mol. The minimum atomic E-state index is -1.04. The number of furan rings is 1. The summed E-state index contributed by atoms with van der Waals surface area (Å²) in [6.45, 7) is 1.78. The van der Waals surface area contributed by atoms with Crippen molar-refractivity contribution < 1.29 is 23.8 Å². The van der Waals surface area contributed by atoms with E-state index in [4.69, 9.17) is 14.3 Å². The van der Waals surface area contributed by atoms with Gasteiger partial charge in [-0.3, -0.25) is 4.79 Å². The number of carbonyl (C=O) groups is 2. The van der Waals surface area contributed by atoms with E-state index in [1.807, 2.05) is 0 Å². The van der Waals surface area contributed by atoms with Crippen molar-refractivity contribution >= 4 is 23.2 Å². The van der Waals surface area contributed by atoms with Gasteiger partial charge >= 0.3 is 5.97 Å². The van der Waals surface area contributed by atoms with Gasteiger partial charge in [0.25, 0.3) is 5.91 Å². The zero-order valence-corrected chi connectivity index (χ0v) is 12.7. The molecule has 21 heavy (non-hydrogen) atoms. The molecule has 2 rings (SSSR count). The van der Waals surface area contributed by atoms with Crippen LogP contribution >= 0.6 is 11.3 Å². The molecule has 0 aliphatic heterocycles. The second kappa shape index (κ2) is 6.01. The van der Waals surface area contributed by atoms with Crippen LogP contribution in [-0.2, 0) is 6.54 Å². The van der Waals surface area contributed by atoms with Gasteiger partial charge in [-0.1, -0.05) is 0 Å². The average Bonchev–Trinajstić information content (AvgIpc) is 3.04. The first-order valence-corrected chi connectivity index (χ1v) is 7.01. The molecular weight excluding hydrogens is 294 g/mol. The predicted octanol–water partition coefficient (Wildman–Crippen LogP) is 2.63. The molecule has 0 fully saturated rings. The number of nitrogens with zero attached hydrogens (tertiary/aromatic N) is 1. The molecule has 0 bridgehead atoms. The maximum atomic E-state index is 12.2. The predicted molar refractivity (Wildman–Crippen MR) is 77.1 cm³/mol. The highest BCUT2D eigenvalue weighted by Crippen LogP contribution is 2.23. The summed E-state index contributed by atoms with van der Waals surface area (Å²) in [5, 5.41) is 10.7. The summed E-state index contributed by atoms with van der Waals surface area (Å²) < 4.78 is 10.4. The number of carboxylic acid groups (broad SMARTS) is 1. The number of methoxy groups -OCH3 is 1. The zero-order chi connectivity index (χ0) is 15.6. The van der Waals surface area contributed by atoms with Crippen LogP contribution in [-0.4, -0.2) is 36.0 Å². The SMILES string of the molecule is COc1csc(C(=O)N(C)Cc2cc(C(=O)O)c(C)o2)c1. The number of amides is 1. The molecular formula is C14H15NO5S. The van der Waals surface area contributed by atoms with E-state index < -0.39 is 5.97 Å². The molecule has 0 saturated heterocycles. The van der Waals surface area contributed by atoms with Gasteiger partial charge in [-0.05, 0) is 13.0 Å². The van der Waals surface area contributed by atoms with Crippen LogP contribution < -0.4 is 4.74 Å². The summed E-state index contributed by atoms with van der Waals surface area (Å²) in [5.41, 5.74) is 0.114. The molecule has 6 nitrogen and oxygen atoms in total. The van der Waals surface area contributed by atoms with E-state index in [0.29, 0.717) is 22.1 Å². The molecule has 1 amide bonds. The number of aryl methyl sites for hydroxylation is 1. The topological polar surface area (TPSA) is 80.0 Å². The van der Waals surface area contributed by atoms with Gasteiger partial charge in [0.2, 0.25) is 0 Å². The van der Waals surface area contributed by atoms with Crippen molar-refractivity contribution in [2.24, 2.45) is 0 Å². The first-order valence-electron chi connectivity index (χ1n) is 6.13. The van der Waals surface area contributed by atoms with E-state index in [1.54, 1.807) is 32.5 Å². The van der Waals surface area contributed by atoms with Crippen molar-refractivity contribution in [2.45, 2.75) is 13.5 Å². The Morgan fingerprint density at radius 1 is 1.43 bits per heavy atom. The Morgan fingerprint density at radius 3 is 2.67 bits per heavy atom. The van der Waals surface area contributed by atoms with Gasteiger partial charge in [-0.25, -0.2) is 4.79 Å². The molecule has 2 heterocycles. The van der Waals surface area contributed by atoms with Crippen LogP contribution in [0.2, 0.25) is 0 Å². The molecule has 0 unspecified atom stereocenters. The van der Waals surface area contributed by atoms with E-state index in [9.17, 15) is 9.59 Å². The number of ether oxygens (including phenoxy) is 1. The zero-order valence-electron chi connectivity index (χ0n) is 11.9. The van der Waals surface area contributed by atoms with Crippen molar-refractivity contribution in [3.8, 4) is 5.75 Å². The number of hydrogen-bond donors (Lipinski definition) is 1. The normalized spacial score (nSPS) is 10.4. The highest BCUT2D eigenvalue weighted by atomic mass is 32.1. The molecule has 0 aromatic carbocycles. The van der Waals surface area contributed by atoms with Crippen LogP contribution in [0.15, 0.2) is 21.9 Å². The molecule has 112 valence electrons. The van der Waals surface area contributed by atoms with E-state index in [1.165, 1.54) is 22.3 Å². The van der Waals surface area contributed by atoms with Crippen molar-refractivity contribution in [3.63, 3.8) is 0 Å². The number of hydrogen-bond acceptors (Lipinski definition) is 5. The summed E-state index contributed by atoms with van der Waals surface area (Å²) in [5.74, 6) is 0.188.